The lowest BCUT2D eigenvalue weighted by Crippen LogP contribution is -2.51. The lowest BCUT2D eigenvalue weighted by atomic mass is 9.80. The minimum atomic E-state index is -0.999. The molecule has 0 radical (unpaired) electrons. The smallest absolute Gasteiger partial charge is 0.411 e. The topological polar surface area (TPSA) is 105 Å². The number of rotatable bonds is 7. The summed E-state index contributed by atoms with van der Waals surface area (Å²) < 4.78 is 6.10. The number of cyclic esters (lactones) is 1. The Morgan fingerprint density at radius 1 is 1.09 bits per heavy atom. The number of nitrogens with zero attached hydrogens (tertiary/aromatic N) is 2. The van der Waals surface area contributed by atoms with Crippen LogP contribution in [-0.2, 0) is 10.3 Å². The first-order chi connectivity index (χ1) is 16.6. The SMILES string of the molecule is C[C@@H](c1ccc(-c2ccc(N)c(N=O)c2)cc1)N1CC[C@](CC(C)(C)O)(c2ccccc2)OC1=O. The second-order valence-electron chi connectivity index (χ2n) is 9.82. The van der Waals surface area contributed by atoms with Gasteiger partial charge in [0.25, 0.3) is 0 Å². The lowest BCUT2D eigenvalue weighted by Gasteiger charge is -2.45. The molecule has 3 aromatic carbocycles. The van der Waals surface area contributed by atoms with Crippen molar-refractivity contribution >= 4 is 17.5 Å². The van der Waals surface area contributed by atoms with Crippen LogP contribution >= 0.6 is 0 Å². The molecule has 182 valence electrons. The number of benzene rings is 3. The summed E-state index contributed by atoms with van der Waals surface area (Å²) in [6, 6.07) is 22.4. The molecule has 0 aliphatic carbocycles. The van der Waals surface area contributed by atoms with Gasteiger partial charge in [-0.15, -0.1) is 4.91 Å². The molecule has 4 rings (SSSR count). The van der Waals surface area contributed by atoms with Gasteiger partial charge in [-0.1, -0.05) is 60.7 Å². The lowest BCUT2D eigenvalue weighted by molar-refractivity contribution is -0.101. The number of carbonyl (C=O) groups excluding carboxylic acids is 1. The molecule has 0 saturated carbocycles. The monoisotopic (exact) mass is 473 g/mol. The van der Waals surface area contributed by atoms with Crippen LogP contribution < -0.4 is 5.73 Å². The highest BCUT2D eigenvalue weighted by molar-refractivity contribution is 5.74. The van der Waals surface area contributed by atoms with Crippen LogP contribution in [0, 0.1) is 4.91 Å². The predicted octanol–water partition coefficient (Wildman–Crippen LogP) is 6.29. The number of anilines is 1. The Labute approximate surface area is 205 Å². The van der Waals surface area contributed by atoms with Crippen molar-refractivity contribution in [3.63, 3.8) is 0 Å². The fraction of sp³-hybridized carbons (Fsp3) is 0.321. The number of hydrogen-bond acceptors (Lipinski definition) is 6. The van der Waals surface area contributed by atoms with Gasteiger partial charge in [-0.2, -0.15) is 0 Å². The van der Waals surface area contributed by atoms with Gasteiger partial charge in [0.15, 0.2) is 0 Å². The van der Waals surface area contributed by atoms with Crippen LogP contribution in [0.4, 0.5) is 16.2 Å². The van der Waals surface area contributed by atoms with E-state index in [0.717, 1.165) is 22.3 Å². The molecule has 2 atom stereocenters. The first kappa shape index (κ1) is 24.4. The molecule has 1 heterocycles. The number of amides is 1. The first-order valence-corrected chi connectivity index (χ1v) is 11.7. The number of hydrogen-bond donors (Lipinski definition) is 2. The molecular formula is C28H31N3O4. The van der Waals surface area contributed by atoms with Gasteiger partial charge >= 0.3 is 6.09 Å². The van der Waals surface area contributed by atoms with Crippen molar-refractivity contribution in [2.75, 3.05) is 12.3 Å². The number of aliphatic hydroxyl groups is 1. The molecule has 0 spiro atoms. The van der Waals surface area contributed by atoms with E-state index in [1.54, 1.807) is 30.9 Å². The number of ether oxygens (including phenoxy) is 1. The first-order valence-electron chi connectivity index (χ1n) is 11.7. The quantitative estimate of drug-likeness (QED) is 0.310. The molecule has 0 aromatic heterocycles. The van der Waals surface area contributed by atoms with Crippen molar-refractivity contribution in [1.82, 2.24) is 4.90 Å². The van der Waals surface area contributed by atoms with Gasteiger partial charge in [-0.05, 0) is 60.3 Å². The van der Waals surface area contributed by atoms with Crippen LogP contribution in [0.2, 0.25) is 0 Å². The number of nitrogens with two attached hydrogens (primary N) is 1. The minimum Gasteiger partial charge on any atom is -0.438 e. The Bertz CT molecular complexity index is 1210. The van der Waals surface area contributed by atoms with Gasteiger partial charge in [0.1, 0.15) is 11.3 Å². The highest BCUT2D eigenvalue weighted by Gasteiger charge is 2.46. The Kier molecular flexibility index (Phi) is 6.63. The molecule has 0 unspecified atom stereocenters. The summed E-state index contributed by atoms with van der Waals surface area (Å²) in [5, 5.41) is 13.5. The molecule has 35 heavy (non-hydrogen) atoms. The summed E-state index contributed by atoms with van der Waals surface area (Å²) >= 11 is 0. The van der Waals surface area contributed by atoms with Crippen molar-refractivity contribution in [2.24, 2.45) is 5.18 Å². The number of nitroso groups, excluding NO2 is 1. The van der Waals surface area contributed by atoms with E-state index in [0.29, 0.717) is 25.1 Å². The van der Waals surface area contributed by atoms with E-state index in [2.05, 4.69) is 5.18 Å². The fourth-order valence-corrected chi connectivity index (χ4v) is 4.83. The van der Waals surface area contributed by atoms with Gasteiger partial charge in [0.2, 0.25) is 0 Å². The van der Waals surface area contributed by atoms with Crippen LogP contribution in [0.3, 0.4) is 0 Å². The number of carbonyl (C=O) groups is 1. The Morgan fingerprint density at radius 3 is 2.34 bits per heavy atom. The van der Waals surface area contributed by atoms with E-state index in [-0.39, 0.29) is 11.7 Å². The maximum atomic E-state index is 13.2. The Balaban J connectivity index is 1.54. The predicted molar refractivity (Wildman–Crippen MR) is 137 cm³/mol. The standard InChI is InChI=1S/C28H31N3O4/c1-19(20-9-11-21(12-10-20)22-13-14-24(29)25(17-22)30-34)31-16-15-28(35-26(31)32,18-27(2,3)33)23-7-5-4-6-8-23/h4-14,17,19,33H,15-16,18,29H2,1-3H3/t19-,28-/m0/s1. The average Bonchev–Trinajstić information content (AvgIpc) is 2.84. The van der Waals surface area contributed by atoms with Gasteiger partial charge in [0, 0.05) is 19.4 Å². The van der Waals surface area contributed by atoms with Gasteiger partial charge in [-0.25, -0.2) is 4.79 Å². The molecule has 1 aliphatic rings. The highest BCUT2D eigenvalue weighted by atomic mass is 16.6. The second kappa shape index (κ2) is 9.50. The molecular weight excluding hydrogens is 442 g/mol. The van der Waals surface area contributed by atoms with E-state index in [9.17, 15) is 14.8 Å². The average molecular weight is 474 g/mol. The summed E-state index contributed by atoms with van der Waals surface area (Å²) in [5.41, 5.74) is 8.05. The third-order valence-corrected chi connectivity index (χ3v) is 6.61. The highest BCUT2D eigenvalue weighted by Crippen LogP contribution is 2.42. The number of nitrogen functional groups attached to an aromatic ring is 1. The van der Waals surface area contributed by atoms with Crippen molar-refractivity contribution in [2.45, 2.75) is 50.9 Å². The van der Waals surface area contributed by atoms with E-state index in [4.69, 9.17) is 10.5 Å². The fourth-order valence-electron chi connectivity index (χ4n) is 4.83. The normalized spacial score (nSPS) is 19.2. The molecule has 7 nitrogen and oxygen atoms in total. The molecule has 3 N–H and O–H groups in total. The van der Waals surface area contributed by atoms with Gasteiger partial charge in [-0.3, -0.25) is 0 Å². The van der Waals surface area contributed by atoms with Crippen LogP contribution in [-0.4, -0.2) is 28.2 Å². The largest absolute Gasteiger partial charge is 0.438 e. The molecule has 7 heteroatoms. The molecule has 1 saturated heterocycles. The third-order valence-electron chi connectivity index (χ3n) is 6.61. The molecule has 1 aliphatic heterocycles. The molecule has 1 fully saturated rings. The van der Waals surface area contributed by atoms with Crippen LogP contribution in [0.5, 0.6) is 0 Å². The summed E-state index contributed by atoms with van der Waals surface area (Å²) in [7, 11) is 0. The maximum absolute atomic E-state index is 13.2. The summed E-state index contributed by atoms with van der Waals surface area (Å²) in [5.74, 6) is 0. The van der Waals surface area contributed by atoms with Crippen LogP contribution in [0.15, 0.2) is 78.0 Å². The van der Waals surface area contributed by atoms with E-state index >= 15 is 0 Å². The maximum Gasteiger partial charge on any atom is 0.411 e. The van der Waals surface area contributed by atoms with Crippen LogP contribution in [0.1, 0.15) is 50.8 Å². The third kappa shape index (κ3) is 5.20. The van der Waals surface area contributed by atoms with Crippen molar-refractivity contribution in [3.8, 4) is 11.1 Å². The molecule has 0 bridgehead atoms. The van der Waals surface area contributed by atoms with Crippen LogP contribution in [0.25, 0.3) is 11.1 Å². The zero-order chi connectivity index (χ0) is 25.2. The van der Waals surface area contributed by atoms with Crippen molar-refractivity contribution in [3.05, 3.63) is 88.8 Å². The van der Waals surface area contributed by atoms with E-state index in [1.165, 1.54) is 0 Å². The van der Waals surface area contributed by atoms with Gasteiger partial charge < -0.3 is 20.5 Å². The van der Waals surface area contributed by atoms with E-state index in [1.807, 2.05) is 67.6 Å². The van der Waals surface area contributed by atoms with Crippen molar-refractivity contribution < 1.29 is 14.6 Å². The molecule has 1 amide bonds. The Hall–Kier alpha value is -3.71. The van der Waals surface area contributed by atoms with E-state index < -0.39 is 17.3 Å². The summed E-state index contributed by atoms with van der Waals surface area (Å²) in [6.07, 6.45) is 0.481. The zero-order valence-electron chi connectivity index (χ0n) is 20.3. The Morgan fingerprint density at radius 2 is 1.74 bits per heavy atom. The summed E-state index contributed by atoms with van der Waals surface area (Å²) in [4.78, 5) is 25.9. The molecule has 3 aromatic rings. The minimum absolute atomic E-state index is 0.203. The summed E-state index contributed by atoms with van der Waals surface area (Å²) in [6.45, 7) is 5.94. The van der Waals surface area contributed by atoms with Gasteiger partial charge in [0.05, 0.1) is 17.3 Å². The van der Waals surface area contributed by atoms with Crippen molar-refractivity contribution in [1.29, 1.82) is 0 Å². The second-order valence-corrected chi connectivity index (χ2v) is 9.82. The zero-order valence-corrected chi connectivity index (χ0v) is 20.3.